The number of nitrogens with one attached hydrogen (secondary N) is 1. The molecule has 0 fully saturated rings. The van der Waals surface area contributed by atoms with Gasteiger partial charge in [0.25, 0.3) is 10.0 Å². The van der Waals surface area contributed by atoms with Gasteiger partial charge in [-0.3, -0.25) is 13.9 Å². The van der Waals surface area contributed by atoms with Crippen molar-refractivity contribution in [3.63, 3.8) is 0 Å². The second-order valence-corrected chi connectivity index (χ2v) is 11.2. The third-order valence-corrected chi connectivity index (χ3v) is 8.31. The molecule has 8 nitrogen and oxygen atoms in total. The predicted molar refractivity (Wildman–Crippen MR) is 153 cm³/mol. The molecule has 0 bridgehead atoms. The number of methoxy groups -OCH3 is 1. The van der Waals surface area contributed by atoms with Gasteiger partial charge in [0.15, 0.2) is 0 Å². The van der Waals surface area contributed by atoms with E-state index in [2.05, 4.69) is 5.32 Å². The van der Waals surface area contributed by atoms with Gasteiger partial charge in [0.2, 0.25) is 11.8 Å². The van der Waals surface area contributed by atoms with Crippen LogP contribution in [-0.2, 0) is 26.2 Å². The van der Waals surface area contributed by atoms with Crippen LogP contribution in [0.25, 0.3) is 0 Å². The van der Waals surface area contributed by atoms with Crippen LogP contribution in [0.5, 0.6) is 5.75 Å². The highest BCUT2D eigenvalue weighted by atomic mass is 35.5. The standard InChI is InChI=1S/C29H34ClN3O5S/c1-5-26(29(35)31-6-2)32(19-22-13-16-24(38-4)17-14-22)28(34)20-33(27-18-23(30)15-12-21(27)3)39(36,37)25-10-8-7-9-11-25/h7-18,26H,5-6,19-20H2,1-4H3,(H,31,35). The third kappa shape index (κ3) is 7.30. The van der Waals surface area contributed by atoms with Gasteiger partial charge < -0.3 is 15.0 Å². The van der Waals surface area contributed by atoms with Gasteiger partial charge in [-0.15, -0.1) is 0 Å². The van der Waals surface area contributed by atoms with E-state index in [-0.39, 0.29) is 23.0 Å². The third-order valence-electron chi connectivity index (χ3n) is 6.30. The van der Waals surface area contributed by atoms with Crippen molar-refractivity contribution < 1.29 is 22.7 Å². The van der Waals surface area contributed by atoms with E-state index in [1.807, 2.05) is 19.1 Å². The molecule has 0 heterocycles. The average Bonchev–Trinajstić information content (AvgIpc) is 2.93. The van der Waals surface area contributed by atoms with E-state index in [0.29, 0.717) is 29.3 Å². The molecule has 0 aromatic heterocycles. The van der Waals surface area contributed by atoms with E-state index in [0.717, 1.165) is 9.87 Å². The summed E-state index contributed by atoms with van der Waals surface area (Å²) in [6.45, 7) is 5.35. The first-order chi connectivity index (χ1) is 18.6. The Labute approximate surface area is 235 Å². The highest BCUT2D eigenvalue weighted by Crippen LogP contribution is 2.30. The number of hydrogen-bond donors (Lipinski definition) is 1. The molecular formula is C29H34ClN3O5S. The number of anilines is 1. The van der Waals surface area contributed by atoms with Crippen LogP contribution in [-0.4, -0.2) is 51.4 Å². The minimum absolute atomic E-state index is 0.0367. The first-order valence-corrected chi connectivity index (χ1v) is 14.5. The minimum atomic E-state index is -4.16. The van der Waals surface area contributed by atoms with Crippen LogP contribution in [0.3, 0.4) is 0 Å². The number of sulfonamides is 1. The lowest BCUT2D eigenvalue weighted by atomic mass is 10.1. The summed E-state index contributed by atoms with van der Waals surface area (Å²) in [4.78, 5) is 28.5. The van der Waals surface area contributed by atoms with Crippen LogP contribution >= 0.6 is 11.6 Å². The molecule has 0 radical (unpaired) electrons. The molecule has 0 spiro atoms. The smallest absolute Gasteiger partial charge is 0.264 e. The summed E-state index contributed by atoms with van der Waals surface area (Å²) < 4.78 is 34.1. The number of carbonyl (C=O) groups is 2. The van der Waals surface area contributed by atoms with Crippen molar-refractivity contribution >= 4 is 39.1 Å². The number of ether oxygens (including phenoxy) is 1. The Kier molecular flexibility index (Phi) is 10.4. The molecule has 1 N–H and O–H groups in total. The van der Waals surface area contributed by atoms with Crippen molar-refractivity contribution in [2.24, 2.45) is 0 Å². The highest BCUT2D eigenvalue weighted by Gasteiger charge is 2.34. The van der Waals surface area contributed by atoms with E-state index < -0.39 is 28.5 Å². The molecule has 1 atom stereocenters. The maximum absolute atomic E-state index is 14.0. The Morgan fingerprint density at radius 2 is 1.67 bits per heavy atom. The number of rotatable bonds is 12. The normalized spacial score (nSPS) is 11.9. The quantitative estimate of drug-likeness (QED) is 0.337. The van der Waals surface area contributed by atoms with E-state index in [9.17, 15) is 18.0 Å². The number of nitrogens with zero attached hydrogens (tertiary/aromatic N) is 2. The Morgan fingerprint density at radius 1 is 1.00 bits per heavy atom. The van der Waals surface area contributed by atoms with Crippen LogP contribution < -0.4 is 14.4 Å². The first kappa shape index (κ1) is 30.0. The van der Waals surface area contributed by atoms with Crippen molar-refractivity contribution in [2.45, 2.75) is 44.7 Å². The van der Waals surface area contributed by atoms with E-state index in [1.165, 1.54) is 23.1 Å². The number of carbonyl (C=O) groups excluding carboxylic acids is 2. The second-order valence-electron chi connectivity index (χ2n) is 8.94. The van der Waals surface area contributed by atoms with Gasteiger partial charge >= 0.3 is 0 Å². The number of likely N-dealkylation sites (N-methyl/N-ethyl adjacent to an activating group) is 1. The summed E-state index contributed by atoms with van der Waals surface area (Å²) in [6, 6.07) is 19.2. The summed E-state index contributed by atoms with van der Waals surface area (Å²) in [6.07, 6.45) is 0.343. The van der Waals surface area contributed by atoms with Gasteiger partial charge in [0.1, 0.15) is 18.3 Å². The molecule has 3 aromatic rings. The fourth-order valence-corrected chi connectivity index (χ4v) is 5.88. The van der Waals surface area contributed by atoms with Crippen LogP contribution in [0.2, 0.25) is 5.02 Å². The number of benzene rings is 3. The molecule has 0 aliphatic rings. The molecule has 2 amide bonds. The van der Waals surface area contributed by atoms with Gasteiger partial charge in [0.05, 0.1) is 17.7 Å². The zero-order valence-corrected chi connectivity index (χ0v) is 24.1. The molecule has 3 rings (SSSR count). The van der Waals surface area contributed by atoms with Crippen LogP contribution in [0.1, 0.15) is 31.4 Å². The van der Waals surface area contributed by atoms with Crippen molar-refractivity contribution in [1.29, 1.82) is 0 Å². The SMILES string of the molecule is CCNC(=O)C(CC)N(Cc1ccc(OC)cc1)C(=O)CN(c1cc(Cl)ccc1C)S(=O)(=O)c1ccccc1. The Balaban J connectivity index is 2.08. The molecule has 0 saturated carbocycles. The van der Waals surface area contributed by atoms with Gasteiger partial charge in [-0.25, -0.2) is 8.42 Å². The summed E-state index contributed by atoms with van der Waals surface area (Å²) in [5, 5.41) is 3.12. The van der Waals surface area contributed by atoms with Crippen molar-refractivity contribution in [1.82, 2.24) is 10.2 Å². The summed E-state index contributed by atoms with van der Waals surface area (Å²) in [7, 11) is -2.59. The lowest BCUT2D eigenvalue weighted by Gasteiger charge is -2.33. The van der Waals surface area contributed by atoms with Crippen molar-refractivity contribution in [2.75, 3.05) is 24.5 Å². The first-order valence-electron chi connectivity index (χ1n) is 12.7. The lowest BCUT2D eigenvalue weighted by molar-refractivity contribution is -0.140. The van der Waals surface area contributed by atoms with Crippen molar-refractivity contribution in [3.05, 3.63) is 88.9 Å². The predicted octanol–water partition coefficient (Wildman–Crippen LogP) is 4.80. The van der Waals surface area contributed by atoms with Gasteiger partial charge in [-0.2, -0.15) is 0 Å². The fourth-order valence-electron chi connectivity index (χ4n) is 4.22. The maximum Gasteiger partial charge on any atom is 0.264 e. The van der Waals surface area contributed by atoms with Crippen LogP contribution in [0.15, 0.2) is 77.7 Å². The zero-order chi connectivity index (χ0) is 28.6. The second kappa shape index (κ2) is 13.5. The van der Waals surface area contributed by atoms with Gasteiger partial charge in [-0.05, 0) is 67.8 Å². The average molecular weight is 572 g/mol. The van der Waals surface area contributed by atoms with Crippen molar-refractivity contribution in [3.8, 4) is 5.75 Å². The molecule has 10 heteroatoms. The number of halogens is 1. The molecule has 0 aliphatic carbocycles. The Bertz CT molecular complexity index is 1380. The summed E-state index contributed by atoms with van der Waals surface area (Å²) >= 11 is 6.26. The number of aryl methyl sites for hydroxylation is 1. The zero-order valence-electron chi connectivity index (χ0n) is 22.6. The lowest BCUT2D eigenvalue weighted by Crippen LogP contribution is -2.52. The fraction of sp³-hybridized carbons (Fsp3) is 0.310. The number of hydrogen-bond acceptors (Lipinski definition) is 5. The van der Waals surface area contributed by atoms with Gasteiger partial charge in [0, 0.05) is 18.1 Å². The molecule has 0 aliphatic heterocycles. The maximum atomic E-state index is 14.0. The summed E-state index contributed by atoms with van der Waals surface area (Å²) in [5.74, 6) is -0.176. The van der Waals surface area contributed by atoms with E-state index in [1.54, 1.807) is 63.4 Å². The van der Waals surface area contributed by atoms with Crippen LogP contribution in [0, 0.1) is 6.92 Å². The monoisotopic (exact) mass is 571 g/mol. The van der Waals surface area contributed by atoms with Gasteiger partial charge in [-0.1, -0.05) is 54.9 Å². The molecule has 39 heavy (non-hydrogen) atoms. The Morgan fingerprint density at radius 3 is 2.26 bits per heavy atom. The largest absolute Gasteiger partial charge is 0.497 e. The summed E-state index contributed by atoms with van der Waals surface area (Å²) in [5.41, 5.74) is 1.68. The number of amides is 2. The Hall–Kier alpha value is -3.56. The highest BCUT2D eigenvalue weighted by molar-refractivity contribution is 7.92. The molecule has 0 saturated heterocycles. The van der Waals surface area contributed by atoms with E-state index >= 15 is 0 Å². The molecule has 1 unspecified atom stereocenters. The molecule has 208 valence electrons. The van der Waals surface area contributed by atoms with Crippen LogP contribution in [0.4, 0.5) is 5.69 Å². The molecule has 3 aromatic carbocycles. The topological polar surface area (TPSA) is 96.0 Å². The molecular weight excluding hydrogens is 538 g/mol. The minimum Gasteiger partial charge on any atom is -0.497 e. The van der Waals surface area contributed by atoms with E-state index in [4.69, 9.17) is 16.3 Å².